The molecule has 0 saturated carbocycles. The molecule has 0 aromatic carbocycles. The van der Waals surface area contributed by atoms with Gasteiger partial charge in [0.05, 0.1) is 7.11 Å². The van der Waals surface area contributed by atoms with Gasteiger partial charge in [-0.3, -0.25) is 0 Å². The van der Waals surface area contributed by atoms with E-state index in [2.05, 4.69) is 29.0 Å². The van der Waals surface area contributed by atoms with E-state index in [4.69, 9.17) is 4.74 Å². The van der Waals surface area contributed by atoms with Crippen LogP contribution < -0.4 is 15.0 Å². The average Bonchev–Trinajstić information content (AvgIpc) is 2.47. The van der Waals surface area contributed by atoms with Crippen LogP contribution in [0.1, 0.15) is 33.1 Å². The van der Waals surface area contributed by atoms with E-state index in [1.54, 1.807) is 7.11 Å². The van der Waals surface area contributed by atoms with E-state index in [0.29, 0.717) is 12.0 Å². The Morgan fingerprint density at radius 1 is 1.45 bits per heavy atom. The Morgan fingerprint density at radius 3 is 3.05 bits per heavy atom. The standard InChI is InChI=1S/C16H27N3O/c1-13(2)11-17-12-14-7-4-5-10-19(14)16-15(20-3)8-6-9-18-16/h6,8-9,13-14,17H,4-5,7,10-12H2,1-3H3. The minimum absolute atomic E-state index is 0.520. The highest BCUT2D eigenvalue weighted by Crippen LogP contribution is 2.30. The van der Waals surface area contributed by atoms with Crippen molar-refractivity contribution in [2.75, 3.05) is 31.6 Å². The van der Waals surface area contributed by atoms with Crippen molar-refractivity contribution in [3.63, 3.8) is 0 Å². The molecule has 0 radical (unpaired) electrons. The molecular formula is C16H27N3O. The molecular weight excluding hydrogens is 250 g/mol. The van der Waals surface area contributed by atoms with Gasteiger partial charge in [0, 0.05) is 25.3 Å². The first-order valence-electron chi connectivity index (χ1n) is 7.68. The summed E-state index contributed by atoms with van der Waals surface area (Å²) in [5.74, 6) is 2.56. The first kappa shape index (κ1) is 15.1. The summed E-state index contributed by atoms with van der Waals surface area (Å²) in [6, 6.07) is 4.44. The van der Waals surface area contributed by atoms with Crippen molar-refractivity contribution in [3.8, 4) is 5.75 Å². The second-order valence-corrected chi connectivity index (χ2v) is 5.92. The monoisotopic (exact) mass is 277 g/mol. The van der Waals surface area contributed by atoms with Crippen LogP contribution in [0, 0.1) is 5.92 Å². The predicted octanol–water partition coefficient (Wildman–Crippen LogP) is 2.69. The summed E-state index contributed by atoms with van der Waals surface area (Å²) in [6.45, 7) is 7.66. The van der Waals surface area contributed by atoms with E-state index in [1.165, 1.54) is 19.3 Å². The van der Waals surface area contributed by atoms with Gasteiger partial charge in [-0.1, -0.05) is 13.8 Å². The third kappa shape index (κ3) is 3.85. The highest BCUT2D eigenvalue weighted by Gasteiger charge is 2.25. The van der Waals surface area contributed by atoms with Gasteiger partial charge >= 0.3 is 0 Å². The van der Waals surface area contributed by atoms with Gasteiger partial charge in [0.1, 0.15) is 0 Å². The lowest BCUT2D eigenvalue weighted by molar-refractivity contribution is 0.393. The second-order valence-electron chi connectivity index (χ2n) is 5.92. The topological polar surface area (TPSA) is 37.4 Å². The summed E-state index contributed by atoms with van der Waals surface area (Å²) in [5, 5.41) is 3.58. The lowest BCUT2D eigenvalue weighted by Gasteiger charge is -2.37. The SMILES string of the molecule is COc1cccnc1N1CCCCC1CNCC(C)C. The van der Waals surface area contributed by atoms with Gasteiger partial charge < -0.3 is 15.0 Å². The van der Waals surface area contributed by atoms with Crippen molar-refractivity contribution in [2.45, 2.75) is 39.2 Å². The van der Waals surface area contributed by atoms with E-state index >= 15 is 0 Å². The molecule has 1 fully saturated rings. The molecule has 1 atom stereocenters. The first-order valence-corrected chi connectivity index (χ1v) is 7.68. The quantitative estimate of drug-likeness (QED) is 0.867. The van der Waals surface area contributed by atoms with Gasteiger partial charge in [0.2, 0.25) is 0 Å². The highest BCUT2D eigenvalue weighted by molar-refractivity contribution is 5.53. The molecule has 1 aromatic rings. The molecule has 1 saturated heterocycles. The van der Waals surface area contributed by atoms with E-state index in [1.807, 2.05) is 18.3 Å². The van der Waals surface area contributed by atoms with Crippen molar-refractivity contribution in [1.29, 1.82) is 0 Å². The molecule has 0 amide bonds. The molecule has 1 unspecified atom stereocenters. The fourth-order valence-corrected chi connectivity index (χ4v) is 2.79. The Balaban J connectivity index is 2.06. The normalized spacial score (nSPS) is 19.4. The molecule has 0 spiro atoms. The largest absolute Gasteiger partial charge is 0.493 e. The molecule has 1 aliphatic rings. The number of aromatic nitrogens is 1. The zero-order valence-electron chi connectivity index (χ0n) is 12.9. The van der Waals surface area contributed by atoms with Gasteiger partial charge in [-0.15, -0.1) is 0 Å². The van der Waals surface area contributed by atoms with Crippen molar-refractivity contribution in [1.82, 2.24) is 10.3 Å². The summed E-state index contributed by atoms with van der Waals surface area (Å²) >= 11 is 0. The molecule has 0 aliphatic carbocycles. The van der Waals surface area contributed by atoms with Crippen molar-refractivity contribution in [3.05, 3.63) is 18.3 Å². The van der Waals surface area contributed by atoms with Crippen LogP contribution >= 0.6 is 0 Å². The zero-order valence-corrected chi connectivity index (χ0v) is 12.9. The maximum atomic E-state index is 5.47. The van der Waals surface area contributed by atoms with E-state index in [9.17, 15) is 0 Å². The molecule has 112 valence electrons. The van der Waals surface area contributed by atoms with Crippen LogP contribution in [0.5, 0.6) is 5.75 Å². The molecule has 4 heteroatoms. The maximum Gasteiger partial charge on any atom is 0.171 e. The molecule has 0 bridgehead atoms. The maximum absolute atomic E-state index is 5.47. The lowest BCUT2D eigenvalue weighted by atomic mass is 10.0. The molecule has 2 heterocycles. The van der Waals surface area contributed by atoms with Gasteiger partial charge in [-0.05, 0) is 43.9 Å². The third-order valence-corrected chi connectivity index (χ3v) is 3.80. The van der Waals surface area contributed by atoms with E-state index in [0.717, 1.165) is 31.2 Å². The Hall–Kier alpha value is -1.29. The summed E-state index contributed by atoms with van der Waals surface area (Å²) in [5.41, 5.74) is 0. The molecule has 1 aliphatic heterocycles. The molecule has 1 N–H and O–H groups in total. The fraction of sp³-hybridized carbons (Fsp3) is 0.688. The Labute approximate surface area is 122 Å². The van der Waals surface area contributed by atoms with Gasteiger partial charge in [-0.25, -0.2) is 4.98 Å². The zero-order chi connectivity index (χ0) is 14.4. The minimum atomic E-state index is 0.520. The van der Waals surface area contributed by atoms with Crippen LogP contribution in [0.15, 0.2) is 18.3 Å². The average molecular weight is 277 g/mol. The van der Waals surface area contributed by atoms with Crippen LogP contribution in [0.4, 0.5) is 5.82 Å². The number of rotatable bonds is 6. The number of hydrogen-bond acceptors (Lipinski definition) is 4. The summed E-state index contributed by atoms with van der Waals surface area (Å²) < 4.78 is 5.47. The molecule has 4 nitrogen and oxygen atoms in total. The molecule has 2 rings (SSSR count). The number of nitrogens with one attached hydrogen (secondary N) is 1. The van der Waals surface area contributed by atoms with E-state index in [-0.39, 0.29) is 0 Å². The van der Waals surface area contributed by atoms with Crippen LogP contribution in [0.25, 0.3) is 0 Å². The van der Waals surface area contributed by atoms with Gasteiger partial charge in [-0.2, -0.15) is 0 Å². The van der Waals surface area contributed by atoms with Crippen molar-refractivity contribution in [2.24, 2.45) is 5.92 Å². The van der Waals surface area contributed by atoms with Gasteiger partial charge in [0.15, 0.2) is 11.6 Å². The Kier molecular flexibility index (Phi) is 5.65. The minimum Gasteiger partial charge on any atom is -0.493 e. The fourth-order valence-electron chi connectivity index (χ4n) is 2.79. The third-order valence-electron chi connectivity index (χ3n) is 3.80. The Morgan fingerprint density at radius 2 is 2.30 bits per heavy atom. The smallest absolute Gasteiger partial charge is 0.171 e. The summed E-state index contributed by atoms with van der Waals surface area (Å²) in [4.78, 5) is 6.95. The molecule has 20 heavy (non-hydrogen) atoms. The first-order chi connectivity index (χ1) is 9.72. The van der Waals surface area contributed by atoms with Crippen LogP contribution in [0.2, 0.25) is 0 Å². The highest BCUT2D eigenvalue weighted by atomic mass is 16.5. The number of anilines is 1. The summed E-state index contributed by atoms with van der Waals surface area (Å²) in [6.07, 6.45) is 5.62. The van der Waals surface area contributed by atoms with Gasteiger partial charge in [0.25, 0.3) is 0 Å². The number of hydrogen-bond donors (Lipinski definition) is 1. The lowest BCUT2D eigenvalue weighted by Crippen LogP contribution is -2.46. The number of nitrogens with zero attached hydrogens (tertiary/aromatic N) is 2. The van der Waals surface area contributed by atoms with E-state index < -0.39 is 0 Å². The predicted molar refractivity (Wildman–Crippen MR) is 83.5 cm³/mol. The van der Waals surface area contributed by atoms with Crippen molar-refractivity contribution < 1.29 is 4.74 Å². The van der Waals surface area contributed by atoms with Crippen LogP contribution in [-0.4, -0.2) is 37.8 Å². The Bertz CT molecular complexity index is 408. The number of piperidine rings is 1. The summed E-state index contributed by atoms with van der Waals surface area (Å²) in [7, 11) is 1.72. The number of pyridine rings is 1. The number of methoxy groups -OCH3 is 1. The second kappa shape index (κ2) is 7.48. The van der Waals surface area contributed by atoms with Crippen molar-refractivity contribution >= 4 is 5.82 Å². The van der Waals surface area contributed by atoms with Crippen LogP contribution in [-0.2, 0) is 0 Å². The molecule has 1 aromatic heterocycles. The van der Waals surface area contributed by atoms with Crippen LogP contribution in [0.3, 0.4) is 0 Å². The number of ether oxygens (including phenoxy) is 1.